The second-order valence-corrected chi connectivity index (χ2v) is 10.2. The minimum atomic E-state index is -0.940. The summed E-state index contributed by atoms with van der Waals surface area (Å²) in [5.41, 5.74) is 1.59. The molecule has 4 rings (SSSR count). The number of hydrogen-bond donors (Lipinski definition) is 3. The van der Waals surface area contributed by atoms with E-state index in [0.29, 0.717) is 25.9 Å². The highest BCUT2D eigenvalue weighted by Gasteiger charge is 2.62. The first kappa shape index (κ1) is 23.3. The summed E-state index contributed by atoms with van der Waals surface area (Å²) in [5.74, 6) is -0.120. The number of quaternary nitrogens is 1. The highest BCUT2D eigenvalue weighted by Crippen LogP contribution is 2.38. The maximum Gasteiger partial charge on any atom is 0.362 e. The summed E-state index contributed by atoms with van der Waals surface area (Å²) in [7, 11) is 0. The first-order valence-corrected chi connectivity index (χ1v) is 11.7. The van der Waals surface area contributed by atoms with E-state index in [1.165, 1.54) is 0 Å². The maximum absolute atomic E-state index is 13.5. The van der Waals surface area contributed by atoms with Crippen LogP contribution in [0.4, 0.5) is 4.79 Å². The molecule has 0 saturated carbocycles. The van der Waals surface area contributed by atoms with E-state index < -0.39 is 23.9 Å². The third-order valence-corrected chi connectivity index (χ3v) is 6.62. The van der Waals surface area contributed by atoms with Crippen LogP contribution in [0.25, 0.3) is 0 Å². The average Bonchev–Trinajstić information content (AvgIpc) is 3.21. The molecule has 0 bridgehead atoms. The van der Waals surface area contributed by atoms with E-state index in [2.05, 4.69) is 10.6 Å². The van der Waals surface area contributed by atoms with Crippen molar-refractivity contribution >= 4 is 11.9 Å². The third-order valence-electron chi connectivity index (χ3n) is 6.62. The van der Waals surface area contributed by atoms with Gasteiger partial charge in [-0.2, -0.15) is 9.60 Å². The molecule has 2 saturated heterocycles. The van der Waals surface area contributed by atoms with Gasteiger partial charge >= 0.3 is 6.03 Å². The molecule has 0 aromatic heterocycles. The number of aliphatic hydroxyl groups excluding tert-OH is 1. The zero-order valence-corrected chi connectivity index (χ0v) is 19.7. The van der Waals surface area contributed by atoms with Crippen LogP contribution in [0.5, 0.6) is 0 Å². The number of aliphatic hydroxyl groups is 1. The van der Waals surface area contributed by atoms with E-state index in [-0.39, 0.29) is 16.5 Å². The van der Waals surface area contributed by atoms with Gasteiger partial charge in [0.25, 0.3) is 5.91 Å². The van der Waals surface area contributed by atoms with Gasteiger partial charge in [-0.1, -0.05) is 60.7 Å². The van der Waals surface area contributed by atoms with Gasteiger partial charge in [0, 0.05) is 24.8 Å². The Labute approximate surface area is 196 Å². The molecule has 2 aromatic rings. The van der Waals surface area contributed by atoms with Gasteiger partial charge in [-0.05, 0) is 31.9 Å². The summed E-state index contributed by atoms with van der Waals surface area (Å²) in [4.78, 5) is 27.0. The number of amides is 3. The Bertz CT molecular complexity index is 976. The molecule has 2 aliphatic heterocycles. The third kappa shape index (κ3) is 4.75. The average molecular weight is 452 g/mol. The normalized spacial score (nSPS) is 27.5. The molecule has 7 heteroatoms. The molecule has 2 fully saturated rings. The number of carbonyl (C=O) groups excluding carboxylic acids is 2. The summed E-state index contributed by atoms with van der Waals surface area (Å²) < 4.78 is -0.0554. The molecule has 176 valence electrons. The number of benzene rings is 2. The fraction of sp³-hybridized carbons (Fsp3) is 0.462. The Morgan fingerprint density at radius 3 is 2.30 bits per heavy atom. The molecule has 33 heavy (non-hydrogen) atoms. The van der Waals surface area contributed by atoms with Gasteiger partial charge < -0.3 is 15.7 Å². The van der Waals surface area contributed by atoms with Crippen molar-refractivity contribution in [3.8, 4) is 0 Å². The largest absolute Gasteiger partial charge is 0.362 e. The summed E-state index contributed by atoms with van der Waals surface area (Å²) in [6.45, 7) is 6.70. The fourth-order valence-corrected chi connectivity index (χ4v) is 5.23. The zero-order valence-electron chi connectivity index (χ0n) is 19.7. The molecule has 0 radical (unpaired) electrons. The van der Waals surface area contributed by atoms with Gasteiger partial charge in [-0.25, -0.2) is 4.79 Å². The monoisotopic (exact) mass is 451 g/mol. The van der Waals surface area contributed by atoms with Crippen LogP contribution < -0.4 is 10.6 Å². The van der Waals surface area contributed by atoms with E-state index in [9.17, 15) is 14.7 Å². The van der Waals surface area contributed by atoms with Crippen LogP contribution in [-0.2, 0) is 17.8 Å². The van der Waals surface area contributed by atoms with Crippen molar-refractivity contribution in [3.05, 3.63) is 71.8 Å². The topological polar surface area (TPSA) is 81.7 Å². The molecular weight excluding hydrogens is 416 g/mol. The molecule has 3 N–H and O–H groups in total. The lowest BCUT2D eigenvalue weighted by Gasteiger charge is -2.53. The first-order chi connectivity index (χ1) is 15.7. The Balaban J connectivity index is 1.72. The van der Waals surface area contributed by atoms with Gasteiger partial charge in [0.2, 0.25) is 6.23 Å². The molecule has 2 aromatic carbocycles. The first-order valence-electron chi connectivity index (χ1n) is 11.7. The molecule has 2 aliphatic rings. The maximum atomic E-state index is 13.5. The van der Waals surface area contributed by atoms with Crippen LogP contribution in [0.15, 0.2) is 60.7 Å². The van der Waals surface area contributed by atoms with E-state index in [0.717, 1.165) is 17.5 Å². The second-order valence-electron chi connectivity index (χ2n) is 10.2. The van der Waals surface area contributed by atoms with Crippen LogP contribution in [0, 0.1) is 0 Å². The van der Waals surface area contributed by atoms with Crippen LogP contribution >= 0.6 is 0 Å². The molecule has 4 atom stereocenters. The van der Waals surface area contributed by atoms with Crippen molar-refractivity contribution in [1.82, 2.24) is 15.6 Å². The minimum Gasteiger partial charge on any atom is -0.346 e. The molecule has 2 heterocycles. The number of nitrogens with zero attached hydrogens (tertiary/aromatic N) is 2. The van der Waals surface area contributed by atoms with Crippen LogP contribution in [0.2, 0.25) is 0 Å². The summed E-state index contributed by atoms with van der Waals surface area (Å²) in [5, 5.41) is 19.6. The van der Waals surface area contributed by atoms with Crippen LogP contribution in [0.1, 0.15) is 44.7 Å². The molecule has 3 amide bonds. The lowest BCUT2D eigenvalue weighted by Crippen LogP contribution is -2.80. The number of nitrogens with one attached hydrogen (secondary N) is 2. The Kier molecular flexibility index (Phi) is 6.45. The SMILES string of the molecule is CC(C)(C)NC(=O)[C@@H]1CCC[N+]12C(O)[C@H](Cc1ccccc1)NC(=O)N2Cc1ccccc1. The second kappa shape index (κ2) is 9.15. The van der Waals surface area contributed by atoms with E-state index in [1.807, 2.05) is 81.4 Å². The molecular formula is C26H35N4O3+. The van der Waals surface area contributed by atoms with Crippen molar-refractivity contribution in [2.24, 2.45) is 0 Å². The summed E-state index contributed by atoms with van der Waals surface area (Å²) in [6, 6.07) is 18.3. The molecule has 2 unspecified atom stereocenters. The van der Waals surface area contributed by atoms with Crippen molar-refractivity contribution in [2.45, 2.75) is 70.4 Å². The van der Waals surface area contributed by atoms with Gasteiger partial charge in [-0.3, -0.25) is 4.79 Å². The molecule has 0 aliphatic carbocycles. The number of hydrogen-bond acceptors (Lipinski definition) is 3. The highest BCUT2D eigenvalue weighted by molar-refractivity contribution is 5.82. The lowest BCUT2D eigenvalue weighted by molar-refractivity contribution is -1.07. The van der Waals surface area contributed by atoms with Gasteiger partial charge in [0.1, 0.15) is 12.6 Å². The smallest absolute Gasteiger partial charge is 0.346 e. The minimum absolute atomic E-state index is 0.0554. The zero-order chi connectivity index (χ0) is 23.6. The number of urea groups is 1. The lowest BCUT2D eigenvalue weighted by atomic mass is 10.0. The van der Waals surface area contributed by atoms with Gasteiger partial charge in [-0.15, -0.1) is 0 Å². The molecule has 7 nitrogen and oxygen atoms in total. The number of carbonyl (C=O) groups is 2. The fourth-order valence-electron chi connectivity index (χ4n) is 5.23. The van der Waals surface area contributed by atoms with Gasteiger partial charge in [0.05, 0.1) is 6.54 Å². The van der Waals surface area contributed by atoms with E-state index in [4.69, 9.17) is 0 Å². The Hall–Kier alpha value is -2.90. The predicted molar refractivity (Wildman–Crippen MR) is 127 cm³/mol. The highest BCUT2D eigenvalue weighted by atomic mass is 16.3. The van der Waals surface area contributed by atoms with E-state index >= 15 is 0 Å². The predicted octanol–water partition coefficient (Wildman–Crippen LogP) is 2.95. The van der Waals surface area contributed by atoms with E-state index in [1.54, 1.807) is 5.01 Å². The Morgan fingerprint density at radius 1 is 1.09 bits per heavy atom. The van der Waals surface area contributed by atoms with Crippen molar-refractivity contribution in [2.75, 3.05) is 6.54 Å². The van der Waals surface area contributed by atoms with Crippen LogP contribution in [-0.4, -0.2) is 57.0 Å². The quantitative estimate of drug-likeness (QED) is 0.612. The van der Waals surface area contributed by atoms with Crippen LogP contribution in [0.3, 0.4) is 0 Å². The summed E-state index contributed by atoms with van der Waals surface area (Å²) >= 11 is 0. The Morgan fingerprint density at radius 2 is 1.70 bits per heavy atom. The standard InChI is InChI=1S/C26H34N4O3/c1-26(2,3)28-23(31)22-15-10-16-30(22)24(32)21(17-19-11-6-4-7-12-19)27-25(33)29(30)18-20-13-8-5-9-14-20/h4-9,11-14,21-22,24,32H,10,15-18H2,1-3H3,(H-,27,28,31,33)/p+1/t21-,22-,24?,30?/m0/s1. The van der Waals surface area contributed by atoms with Crippen molar-refractivity contribution in [1.29, 1.82) is 0 Å². The van der Waals surface area contributed by atoms with Gasteiger partial charge in [0.15, 0.2) is 6.04 Å². The van der Waals surface area contributed by atoms with Crippen molar-refractivity contribution in [3.63, 3.8) is 0 Å². The number of rotatable bonds is 5. The molecule has 1 spiro atoms. The van der Waals surface area contributed by atoms with Crippen molar-refractivity contribution < 1.29 is 19.3 Å². The summed E-state index contributed by atoms with van der Waals surface area (Å²) in [6.07, 6.45) is 0.941.